The number of nitrogens with zero attached hydrogens (tertiary/aromatic N) is 1. The topological polar surface area (TPSA) is 85.3 Å². The van der Waals surface area contributed by atoms with Gasteiger partial charge in [-0.15, -0.1) is 0 Å². The van der Waals surface area contributed by atoms with Crippen LogP contribution in [0.25, 0.3) is 0 Å². The van der Waals surface area contributed by atoms with Crippen LogP contribution in [0.5, 0.6) is 11.5 Å². The van der Waals surface area contributed by atoms with Crippen molar-refractivity contribution < 1.29 is 42.1 Å². The molecule has 1 aromatic carbocycles. The average molecular weight is 391 g/mol. The maximum Gasteiger partial charge on any atom is 0.422 e. The Morgan fingerprint density at radius 1 is 1.33 bits per heavy atom. The first kappa shape index (κ1) is 20.8. The highest BCUT2D eigenvalue weighted by Crippen LogP contribution is 2.30. The summed E-state index contributed by atoms with van der Waals surface area (Å²) in [5.74, 6) is -1.39. The number of carbonyl (C=O) groups excluding carboxylic acids is 1. The SMILES string of the molecule is COc1cc(CCC(=O)N2CCOC[C@H]2C(=O)O)ccc1OCC(F)(F)F. The zero-order valence-corrected chi connectivity index (χ0v) is 14.6. The van der Waals surface area contributed by atoms with Crippen LogP contribution >= 0.6 is 0 Å². The molecular formula is C17H20F3NO6. The van der Waals surface area contributed by atoms with Crippen LogP contribution in [0.1, 0.15) is 12.0 Å². The molecule has 10 heteroatoms. The van der Waals surface area contributed by atoms with Crippen molar-refractivity contribution in [1.82, 2.24) is 4.90 Å². The van der Waals surface area contributed by atoms with Gasteiger partial charge in [-0.2, -0.15) is 13.2 Å². The largest absolute Gasteiger partial charge is 0.493 e. The van der Waals surface area contributed by atoms with E-state index in [9.17, 15) is 22.8 Å². The van der Waals surface area contributed by atoms with E-state index in [1.165, 1.54) is 30.2 Å². The van der Waals surface area contributed by atoms with Crippen LogP contribution in [-0.2, 0) is 20.7 Å². The summed E-state index contributed by atoms with van der Waals surface area (Å²) in [5.41, 5.74) is 0.652. The third-order valence-electron chi connectivity index (χ3n) is 3.98. The van der Waals surface area contributed by atoms with Crippen LogP contribution in [-0.4, -0.2) is 67.6 Å². The number of carboxylic acids is 1. The fourth-order valence-electron chi connectivity index (χ4n) is 2.65. The lowest BCUT2D eigenvalue weighted by molar-refractivity contribution is -0.158. The Hall–Kier alpha value is -2.49. The van der Waals surface area contributed by atoms with Gasteiger partial charge in [0.05, 0.1) is 20.3 Å². The van der Waals surface area contributed by atoms with E-state index in [0.29, 0.717) is 5.56 Å². The van der Waals surface area contributed by atoms with Gasteiger partial charge in [-0.3, -0.25) is 4.79 Å². The molecule has 1 aromatic rings. The second-order valence-electron chi connectivity index (χ2n) is 5.91. The summed E-state index contributed by atoms with van der Waals surface area (Å²) in [5, 5.41) is 9.16. The predicted molar refractivity (Wildman–Crippen MR) is 86.8 cm³/mol. The van der Waals surface area contributed by atoms with Crippen LogP contribution < -0.4 is 9.47 Å². The summed E-state index contributed by atoms with van der Waals surface area (Å²) in [7, 11) is 1.30. The van der Waals surface area contributed by atoms with Gasteiger partial charge in [0.25, 0.3) is 0 Å². The quantitative estimate of drug-likeness (QED) is 0.764. The molecule has 1 aliphatic rings. The normalized spacial score (nSPS) is 17.5. The number of ether oxygens (including phenoxy) is 3. The van der Waals surface area contributed by atoms with Crippen LogP contribution in [0.15, 0.2) is 18.2 Å². The van der Waals surface area contributed by atoms with Gasteiger partial charge < -0.3 is 24.2 Å². The number of aliphatic carboxylic acids is 1. The fraction of sp³-hybridized carbons (Fsp3) is 0.529. The second-order valence-corrected chi connectivity index (χ2v) is 5.91. The van der Waals surface area contributed by atoms with E-state index < -0.39 is 24.8 Å². The van der Waals surface area contributed by atoms with Gasteiger partial charge >= 0.3 is 12.1 Å². The van der Waals surface area contributed by atoms with Crippen molar-refractivity contribution in [3.63, 3.8) is 0 Å². The molecule has 150 valence electrons. The number of hydrogen-bond donors (Lipinski definition) is 1. The molecule has 1 amide bonds. The number of rotatable bonds is 7. The highest BCUT2D eigenvalue weighted by atomic mass is 19.4. The fourth-order valence-corrected chi connectivity index (χ4v) is 2.65. The molecule has 1 atom stereocenters. The van der Waals surface area contributed by atoms with Crippen molar-refractivity contribution in [3.05, 3.63) is 23.8 Å². The zero-order chi connectivity index (χ0) is 20.0. The number of halogens is 3. The standard InChI is InChI=1S/C17H20F3NO6/c1-25-14-8-11(2-4-13(14)27-10-17(18,19)20)3-5-15(22)21-6-7-26-9-12(21)16(23)24/h2,4,8,12H,3,5-7,9-10H2,1H3,(H,23,24)/t12-/m0/s1. The number of methoxy groups -OCH3 is 1. The minimum Gasteiger partial charge on any atom is -0.493 e. The minimum absolute atomic E-state index is 0.0513. The Balaban J connectivity index is 1.98. The molecule has 1 heterocycles. The van der Waals surface area contributed by atoms with Crippen molar-refractivity contribution in [3.8, 4) is 11.5 Å². The van der Waals surface area contributed by atoms with E-state index in [1.807, 2.05) is 0 Å². The van der Waals surface area contributed by atoms with Crippen molar-refractivity contribution in [2.24, 2.45) is 0 Å². The molecule has 2 rings (SSSR count). The number of hydrogen-bond acceptors (Lipinski definition) is 5. The van der Waals surface area contributed by atoms with Gasteiger partial charge in [0.2, 0.25) is 5.91 Å². The van der Waals surface area contributed by atoms with Gasteiger partial charge in [0.15, 0.2) is 24.1 Å². The second kappa shape index (κ2) is 8.94. The number of carboxylic acid groups (broad SMARTS) is 1. The molecule has 7 nitrogen and oxygen atoms in total. The van der Waals surface area contributed by atoms with E-state index in [-0.39, 0.29) is 50.0 Å². The molecule has 1 N–H and O–H groups in total. The number of carbonyl (C=O) groups is 2. The summed E-state index contributed by atoms with van der Waals surface area (Å²) in [6.07, 6.45) is -4.14. The summed E-state index contributed by atoms with van der Waals surface area (Å²) in [4.78, 5) is 24.8. The van der Waals surface area contributed by atoms with Gasteiger partial charge in [-0.05, 0) is 24.1 Å². The van der Waals surface area contributed by atoms with Crippen molar-refractivity contribution >= 4 is 11.9 Å². The summed E-state index contributed by atoms with van der Waals surface area (Å²) in [6.45, 7) is -1.02. The minimum atomic E-state index is -4.46. The van der Waals surface area contributed by atoms with Crippen molar-refractivity contribution in [2.75, 3.05) is 33.5 Å². The van der Waals surface area contributed by atoms with Crippen molar-refractivity contribution in [2.45, 2.75) is 25.1 Å². The van der Waals surface area contributed by atoms with Gasteiger partial charge in [-0.1, -0.05) is 6.07 Å². The number of alkyl halides is 3. The van der Waals surface area contributed by atoms with Crippen LogP contribution in [0.4, 0.5) is 13.2 Å². The lowest BCUT2D eigenvalue weighted by Gasteiger charge is -2.32. The Morgan fingerprint density at radius 3 is 2.70 bits per heavy atom. The lowest BCUT2D eigenvalue weighted by Crippen LogP contribution is -2.52. The number of aryl methyl sites for hydroxylation is 1. The van der Waals surface area contributed by atoms with Crippen molar-refractivity contribution in [1.29, 1.82) is 0 Å². The highest BCUT2D eigenvalue weighted by molar-refractivity contribution is 5.84. The van der Waals surface area contributed by atoms with E-state index in [2.05, 4.69) is 0 Å². The van der Waals surface area contributed by atoms with Crippen LogP contribution in [0.3, 0.4) is 0 Å². The molecule has 0 unspecified atom stereocenters. The Labute approximate surface area is 153 Å². The molecule has 1 saturated heterocycles. The number of morpholine rings is 1. The van der Waals surface area contributed by atoms with Gasteiger partial charge in [-0.25, -0.2) is 4.79 Å². The first-order valence-electron chi connectivity index (χ1n) is 8.17. The third-order valence-corrected chi connectivity index (χ3v) is 3.98. The molecule has 27 heavy (non-hydrogen) atoms. The molecule has 0 radical (unpaired) electrons. The summed E-state index contributed by atoms with van der Waals surface area (Å²) < 4.78 is 51.7. The first-order valence-corrected chi connectivity index (χ1v) is 8.17. The molecular weight excluding hydrogens is 371 g/mol. The number of amides is 1. The molecule has 1 fully saturated rings. The maximum atomic E-state index is 12.3. The van der Waals surface area contributed by atoms with E-state index in [4.69, 9.17) is 19.3 Å². The predicted octanol–water partition coefficient (Wildman–Crippen LogP) is 1.88. The van der Waals surface area contributed by atoms with Gasteiger partial charge in [0.1, 0.15) is 0 Å². The lowest BCUT2D eigenvalue weighted by atomic mass is 10.1. The smallest absolute Gasteiger partial charge is 0.422 e. The molecule has 0 saturated carbocycles. The number of benzene rings is 1. The molecule has 0 spiro atoms. The Morgan fingerprint density at radius 2 is 2.07 bits per heavy atom. The van der Waals surface area contributed by atoms with Gasteiger partial charge in [0, 0.05) is 13.0 Å². The molecule has 1 aliphatic heterocycles. The maximum absolute atomic E-state index is 12.3. The summed E-state index contributed by atoms with van der Waals surface area (Å²) >= 11 is 0. The average Bonchev–Trinajstić information content (AvgIpc) is 2.63. The first-order chi connectivity index (χ1) is 12.7. The van der Waals surface area contributed by atoms with Crippen LogP contribution in [0.2, 0.25) is 0 Å². The van der Waals surface area contributed by atoms with E-state index in [1.54, 1.807) is 0 Å². The monoisotopic (exact) mass is 391 g/mol. The van der Waals surface area contributed by atoms with E-state index in [0.717, 1.165) is 0 Å². The molecule has 0 aromatic heterocycles. The third kappa shape index (κ3) is 6.02. The Kier molecular flexibility index (Phi) is 6.89. The highest BCUT2D eigenvalue weighted by Gasteiger charge is 2.32. The Bertz CT molecular complexity index is 679. The molecule has 0 bridgehead atoms. The zero-order valence-electron chi connectivity index (χ0n) is 14.6. The van der Waals surface area contributed by atoms with Crippen LogP contribution in [0, 0.1) is 0 Å². The molecule has 0 aliphatic carbocycles. The summed E-state index contributed by atoms with van der Waals surface area (Å²) in [6, 6.07) is 3.36. The van der Waals surface area contributed by atoms with E-state index >= 15 is 0 Å².